The van der Waals surface area contributed by atoms with E-state index in [9.17, 15) is 14.7 Å². The zero-order valence-electron chi connectivity index (χ0n) is 15.2. The normalized spacial score (nSPS) is 13.7. The van der Waals surface area contributed by atoms with Gasteiger partial charge in [0.1, 0.15) is 5.54 Å². The largest absolute Gasteiger partial charge is 0.504 e. The quantitative estimate of drug-likeness (QED) is 0.290. The smallest absolute Gasteiger partial charge is 0.327 e. The molecular formula is C17H26N2O6. The first-order chi connectivity index (χ1) is 11.5. The monoisotopic (exact) mass is 354 g/mol. The van der Waals surface area contributed by atoms with Crippen molar-refractivity contribution in [3.8, 4) is 11.5 Å². The first-order valence-electron chi connectivity index (χ1n) is 7.71. The maximum absolute atomic E-state index is 11.8. The van der Waals surface area contributed by atoms with Gasteiger partial charge in [0.15, 0.2) is 11.5 Å². The Bertz CT molecular complexity index is 626. The standard InChI is InChI=1S/C17H26N2O6/c1-16(2,3)14(21)25-10-24-13-7-6-11(8-12(13)20)9-17(4,19-18)15(22)23-5/h6-8,19-20H,9-10,18H2,1-5H3. The van der Waals surface area contributed by atoms with Gasteiger partial charge in [-0.2, -0.15) is 0 Å². The number of carbonyl (C=O) groups excluding carboxylic acids is 2. The highest BCUT2D eigenvalue weighted by molar-refractivity contribution is 5.80. The molecule has 0 saturated heterocycles. The molecule has 0 fully saturated rings. The number of carbonyl (C=O) groups is 2. The van der Waals surface area contributed by atoms with Crippen LogP contribution >= 0.6 is 0 Å². The third kappa shape index (κ3) is 5.61. The molecule has 0 aliphatic carbocycles. The topological polar surface area (TPSA) is 120 Å². The maximum Gasteiger partial charge on any atom is 0.327 e. The van der Waals surface area contributed by atoms with Crippen LogP contribution in [0.3, 0.4) is 0 Å². The lowest BCUT2D eigenvalue weighted by Gasteiger charge is -2.25. The number of hydrazine groups is 1. The summed E-state index contributed by atoms with van der Waals surface area (Å²) >= 11 is 0. The van der Waals surface area contributed by atoms with Gasteiger partial charge in [-0.3, -0.25) is 15.4 Å². The Kier molecular flexibility index (Phi) is 6.78. The molecule has 0 heterocycles. The molecule has 25 heavy (non-hydrogen) atoms. The fourth-order valence-corrected chi connectivity index (χ4v) is 1.97. The van der Waals surface area contributed by atoms with Crippen molar-refractivity contribution in [3.63, 3.8) is 0 Å². The van der Waals surface area contributed by atoms with Crippen molar-refractivity contribution in [2.45, 2.75) is 39.7 Å². The molecule has 0 aliphatic heterocycles. The van der Waals surface area contributed by atoms with E-state index in [1.807, 2.05) is 0 Å². The van der Waals surface area contributed by atoms with Crippen LogP contribution in [-0.2, 0) is 25.5 Å². The number of aromatic hydroxyl groups is 1. The number of esters is 2. The van der Waals surface area contributed by atoms with Gasteiger partial charge >= 0.3 is 11.9 Å². The summed E-state index contributed by atoms with van der Waals surface area (Å²) in [7, 11) is 1.27. The molecule has 0 bridgehead atoms. The summed E-state index contributed by atoms with van der Waals surface area (Å²) < 4.78 is 15.0. The number of hydrogen-bond donors (Lipinski definition) is 3. The Morgan fingerprint density at radius 2 is 1.84 bits per heavy atom. The van der Waals surface area contributed by atoms with E-state index in [0.717, 1.165) is 0 Å². The Labute approximate surface area is 147 Å². The molecule has 0 saturated carbocycles. The molecule has 1 aromatic rings. The molecule has 0 radical (unpaired) electrons. The first kappa shape index (κ1) is 20.7. The number of hydrogen-bond acceptors (Lipinski definition) is 8. The summed E-state index contributed by atoms with van der Waals surface area (Å²) in [5.74, 6) is 4.52. The van der Waals surface area contributed by atoms with Gasteiger partial charge in [0, 0.05) is 6.42 Å². The summed E-state index contributed by atoms with van der Waals surface area (Å²) in [4.78, 5) is 23.5. The molecule has 8 nitrogen and oxygen atoms in total. The lowest BCUT2D eigenvalue weighted by molar-refractivity contribution is -0.159. The van der Waals surface area contributed by atoms with Crippen LogP contribution in [0.2, 0.25) is 0 Å². The van der Waals surface area contributed by atoms with E-state index in [4.69, 9.17) is 20.1 Å². The number of phenols is 1. The first-order valence-corrected chi connectivity index (χ1v) is 7.71. The summed E-state index contributed by atoms with van der Waals surface area (Å²) in [5.41, 5.74) is 1.30. The summed E-state index contributed by atoms with van der Waals surface area (Å²) in [6.45, 7) is 6.46. The highest BCUT2D eigenvalue weighted by Crippen LogP contribution is 2.28. The van der Waals surface area contributed by atoms with Crippen LogP contribution in [0, 0.1) is 5.41 Å². The third-order valence-corrected chi connectivity index (χ3v) is 3.55. The van der Waals surface area contributed by atoms with Crippen LogP contribution in [0.25, 0.3) is 0 Å². The van der Waals surface area contributed by atoms with E-state index in [0.29, 0.717) is 5.56 Å². The minimum absolute atomic E-state index is 0.145. The summed E-state index contributed by atoms with van der Waals surface area (Å²) in [5, 5.41) is 10.0. The van der Waals surface area contributed by atoms with Crippen molar-refractivity contribution in [3.05, 3.63) is 23.8 Å². The summed E-state index contributed by atoms with van der Waals surface area (Å²) in [6.07, 6.45) is 0.197. The molecule has 140 valence electrons. The van der Waals surface area contributed by atoms with Crippen LogP contribution in [0.15, 0.2) is 18.2 Å². The average molecular weight is 354 g/mol. The van der Waals surface area contributed by atoms with Gasteiger partial charge < -0.3 is 19.3 Å². The molecule has 0 spiro atoms. The van der Waals surface area contributed by atoms with Crippen LogP contribution in [-0.4, -0.2) is 36.5 Å². The molecule has 0 amide bonds. The Morgan fingerprint density at radius 3 is 2.32 bits per heavy atom. The predicted octanol–water partition coefficient (Wildman–Crippen LogP) is 1.26. The molecule has 8 heteroatoms. The van der Waals surface area contributed by atoms with Crippen LogP contribution < -0.4 is 16.0 Å². The lowest BCUT2D eigenvalue weighted by atomic mass is 9.93. The zero-order valence-corrected chi connectivity index (χ0v) is 15.2. The Morgan fingerprint density at radius 1 is 1.20 bits per heavy atom. The lowest BCUT2D eigenvalue weighted by Crippen LogP contribution is -2.55. The highest BCUT2D eigenvalue weighted by atomic mass is 16.7. The van der Waals surface area contributed by atoms with E-state index in [2.05, 4.69) is 5.43 Å². The Hall–Kier alpha value is -2.32. The van der Waals surface area contributed by atoms with Crippen molar-refractivity contribution in [2.75, 3.05) is 13.9 Å². The third-order valence-electron chi connectivity index (χ3n) is 3.55. The van der Waals surface area contributed by atoms with Crippen LogP contribution in [0.5, 0.6) is 11.5 Å². The number of benzene rings is 1. The van der Waals surface area contributed by atoms with Crippen LogP contribution in [0.1, 0.15) is 33.3 Å². The highest BCUT2D eigenvalue weighted by Gasteiger charge is 2.33. The summed E-state index contributed by atoms with van der Waals surface area (Å²) in [6, 6.07) is 4.63. The minimum atomic E-state index is -1.13. The number of nitrogens with one attached hydrogen (secondary N) is 1. The number of methoxy groups -OCH3 is 1. The molecule has 1 aromatic carbocycles. The second kappa shape index (κ2) is 8.17. The fraction of sp³-hybridized carbons (Fsp3) is 0.529. The fourth-order valence-electron chi connectivity index (χ4n) is 1.97. The predicted molar refractivity (Wildman–Crippen MR) is 90.6 cm³/mol. The number of ether oxygens (including phenoxy) is 3. The minimum Gasteiger partial charge on any atom is -0.504 e. The van der Waals surface area contributed by atoms with E-state index >= 15 is 0 Å². The van der Waals surface area contributed by atoms with Gasteiger partial charge in [-0.15, -0.1) is 0 Å². The molecule has 0 aromatic heterocycles. The van der Waals surface area contributed by atoms with Gasteiger partial charge in [0.05, 0.1) is 12.5 Å². The van der Waals surface area contributed by atoms with Crippen molar-refractivity contribution < 1.29 is 28.9 Å². The number of rotatable bonds is 7. The molecule has 1 rings (SSSR count). The van der Waals surface area contributed by atoms with Gasteiger partial charge in [-0.05, 0) is 45.4 Å². The van der Waals surface area contributed by atoms with Crippen LogP contribution in [0.4, 0.5) is 0 Å². The molecule has 0 aliphatic rings. The van der Waals surface area contributed by atoms with Crippen molar-refractivity contribution in [1.82, 2.24) is 5.43 Å². The van der Waals surface area contributed by atoms with E-state index in [-0.39, 0.29) is 24.7 Å². The molecule has 4 N–H and O–H groups in total. The molecular weight excluding hydrogens is 328 g/mol. The van der Waals surface area contributed by atoms with Crippen molar-refractivity contribution >= 4 is 11.9 Å². The van der Waals surface area contributed by atoms with Gasteiger partial charge in [0.25, 0.3) is 0 Å². The van der Waals surface area contributed by atoms with Crippen molar-refractivity contribution in [2.24, 2.45) is 11.3 Å². The van der Waals surface area contributed by atoms with E-state index in [1.54, 1.807) is 33.8 Å². The van der Waals surface area contributed by atoms with E-state index < -0.39 is 22.9 Å². The molecule has 1 unspecified atom stereocenters. The number of phenolic OH excluding ortho intramolecular Hbond substituents is 1. The van der Waals surface area contributed by atoms with E-state index in [1.165, 1.54) is 19.2 Å². The maximum atomic E-state index is 11.8. The second-order valence-corrected chi connectivity index (χ2v) is 6.89. The van der Waals surface area contributed by atoms with Gasteiger partial charge in [-0.1, -0.05) is 6.07 Å². The van der Waals surface area contributed by atoms with Gasteiger partial charge in [0.2, 0.25) is 6.79 Å². The molecule has 1 atom stereocenters. The second-order valence-electron chi connectivity index (χ2n) is 6.89. The average Bonchev–Trinajstić information content (AvgIpc) is 2.54. The SMILES string of the molecule is COC(=O)C(C)(Cc1ccc(OCOC(=O)C(C)(C)C)c(O)c1)NN. The number of nitrogens with two attached hydrogens (primary N) is 1. The Balaban J connectivity index is 2.74. The van der Waals surface area contributed by atoms with Crippen molar-refractivity contribution in [1.29, 1.82) is 0 Å². The van der Waals surface area contributed by atoms with Gasteiger partial charge in [-0.25, -0.2) is 5.43 Å². The zero-order chi connectivity index (χ0) is 19.3.